The van der Waals surface area contributed by atoms with Crippen molar-refractivity contribution in [2.45, 2.75) is 32.9 Å². The van der Waals surface area contributed by atoms with Gasteiger partial charge in [-0.15, -0.1) is 0 Å². The van der Waals surface area contributed by atoms with Gasteiger partial charge >= 0.3 is 0 Å². The first-order chi connectivity index (χ1) is 13.0. The maximum Gasteiger partial charge on any atom is 0.261 e. The number of nitrogens with one attached hydrogen (secondary N) is 1. The summed E-state index contributed by atoms with van der Waals surface area (Å²) in [5.41, 5.74) is 2.09. The van der Waals surface area contributed by atoms with Gasteiger partial charge in [0.1, 0.15) is 11.8 Å². The lowest BCUT2D eigenvalue weighted by Gasteiger charge is -2.30. The summed E-state index contributed by atoms with van der Waals surface area (Å²) < 4.78 is 6.57. The zero-order valence-corrected chi connectivity index (χ0v) is 17.5. The average molecular weight is 433 g/mol. The number of hydrogen-bond donors (Lipinski definition) is 1. The van der Waals surface area contributed by atoms with Gasteiger partial charge < -0.3 is 15.0 Å². The maximum atomic E-state index is 12.9. The minimum absolute atomic E-state index is 0.124. The lowest BCUT2D eigenvalue weighted by molar-refractivity contribution is -0.142. The first-order valence-corrected chi connectivity index (χ1v) is 9.69. The predicted molar refractivity (Wildman–Crippen MR) is 110 cm³/mol. The zero-order valence-electron chi connectivity index (χ0n) is 15.9. The van der Waals surface area contributed by atoms with Gasteiger partial charge in [-0.2, -0.15) is 0 Å². The highest BCUT2D eigenvalue weighted by atomic mass is 79.9. The second kappa shape index (κ2) is 10.1. The van der Waals surface area contributed by atoms with Crippen molar-refractivity contribution in [3.05, 3.63) is 64.1 Å². The van der Waals surface area contributed by atoms with E-state index in [2.05, 4.69) is 21.2 Å². The molecule has 0 aromatic heterocycles. The van der Waals surface area contributed by atoms with Crippen LogP contribution in [0.2, 0.25) is 0 Å². The number of ether oxygens (including phenoxy) is 1. The molecule has 144 valence electrons. The molecule has 2 aromatic carbocycles. The van der Waals surface area contributed by atoms with Crippen LogP contribution in [0.3, 0.4) is 0 Å². The van der Waals surface area contributed by atoms with Crippen LogP contribution in [-0.2, 0) is 16.1 Å². The summed E-state index contributed by atoms with van der Waals surface area (Å²) in [5.74, 6) is 0.204. The number of amides is 2. The molecule has 2 rings (SSSR count). The number of likely N-dealkylation sites (N-methyl/N-ethyl adjacent to an activating group) is 1. The summed E-state index contributed by atoms with van der Waals surface area (Å²) in [7, 11) is 1.58. The first-order valence-electron chi connectivity index (χ1n) is 8.90. The number of carbonyl (C=O) groups is 2. The number of halogens is 1. The highest BCUT2D eigenvalue weighted by molar-refractivity contribution is 9.10. The monoisotopic (exact) mass is 432 g/mol. The minimum Gasteiger partial charge on any atom is -0.484 e. The van der Waals surface area contributed by atoms with Gasteiger partial charge in [-0.3, -0.25) is 9.59 Å². The van der Waals surface area contributed by atoms with Crippen molar-refractivity contribution < 1.29 is 14.3 Å². The Morgan fingerprint density at radius 3 is 2.41 bits per heavy atom. The number of nitrogens with zero attached hydrogens (tertiary/aromatic N) is 1. The first kappa shape index (κ1) is 21.0. The summed E-state index contributed by atoms with van der Waals surface area (Å²) in [5, 5.41) is 2.65. The molecule has 0 saturated carbocycles. The van der Waals surface area contributed by atoms with E-state index >= 15 is 0 Å². The Bertz CT molecular complexity index is 777. The third-order valence-corrected chi connectivity index (χ3v) is 4.94. The van der Waals surface area contributed by atoms with E-state index in [1.54, 1.807) is 24.1 Å². The molecule has 0 radical (unpaired) electrons. The third-order valence-electron chi connectivity index (χ3n) is 4.41. The summed E-state index contributed by atoms with van der Waals surface area (Å²) in [6, 6.07) is 14.6. The molecule has 27 heavy (non-hydrogen) atoms. The van der Waals surface area contributed by atoms with Gasteiger partial charge in [-0.25, -0.2) is 0 Å². The summed E-state index contributed by atoms with van der Waals surface area (Å²) in [4.78, 5) is 26.9. The smallest absolute Gasteiger partial charge is 0.261 e. The largest absolute Gasteiger partial charge is 0.484 e. The Morgan fingerprint density at radius 2 is 1.81 bits per heavy atom. The Labute approximate surface area is 168 Å². The second-order valence-corrected chi connectivity index (χ2v) is 7.14. The molecule has 0 aliphatic rings. The Morgan fingerprint density at radius 1 is 1.15 bits per heavy atom. The molecule has 0 spiro atoms. The van der Waals surface area contributed by atoms with Crippen LogP contribution in [0.5, 0.6) is 5.75 Å². The van der Waals surface area contributed by atoms with Crippen molar-refractivity contribution >= 4 is 27.7 Å². The molecule has 0 bridgehead atoms. The van der Waals surface area contributed by atoms with Gasteiger partial charge in [0.15, 0.2) is 6.61 Å². The number of aryl methyl sites for hydroxylation is 1. The molecule has 2 aromatic rings. The van der Waals surface area contributed by atoms with Crippen molar-refractivity contribution in [3.63, 3.8) is 0 Å². The van der Waals surface area contributed by atoms with E-state index in [-0.39, 0.29) is 18.4 Å². The molecule has 0 aliphatic carbocycles. The second-order valence-electron chi connectivity index (χ2n) is 6.23. The standard InChI is InChI=1S/C21H25BrN2O3/c1-4-19(21(26)23-3)24(13-16-8-6-5-7-15(16)2)20(25)14-27-18-11-9-17(22)10-12-18/h5-12,19H,4,13-14H2,1-3H3,(H,23,26)/t19-/m1/s1. The molecule has 2 amide bonds. The molecule has 0 unspecified atom stereocenters. The lowest BCUT2D eigenvalue weighted by atomic mass is 10.1. The van der Waals surface area contributed by atoms with E-state index < -0.39 is 6.04 Å². The highest BCUT2D eigenvalue weighted by Crippen LogP contribution is 2.18. The number of hydrogen-bond acceptors (Lipinski definition) is 3. The van der Waals surface area contributed by atoms with Crippen LogP contribution >= 0.6 is 15.9 Å². The molecule has 6 heteroatoms. The molecule has 0 heterocycles. The molecule has 0 aliphatic heterocycles. The van der Waals surface area contributed by atoms with Gasteiger partial charge in [0.2, 0.25) is 5.91 Å². The molecular formula is C21H25BrN2O3. The lowest BCUT2D eigenvalue weighted by Crippen LogP contribution is -2.49. The summed E-state index contributed by atoms with van der Waals surface area (Å²) >= 11 is 3.37. The minimum atomic E-state index is -0.546. The van der Waals surface area contributed by atoms with Crippen LogP contribution in [0.15, 0.2) is 53.0 Å². The average Bonchev–Trinajstić information content (AvgIpc) is 2.68. The van der Waals surface area contributed by atoms with Crippen molar-refractivity contribution in [3.8, 4) is 5.75 Å². The fourth-order valence-corrected chi connectivity index (χ4v) is 3.08. The van der Waals surface area contributed by atoms with Crippen molar-refractivity contribution in [1.29, 1.82) is 0 Å². The molecule has 0 fully saturated rings. The van der Waals surface area contributed by atoms with Gasteiger partial charge in [-0.05, 0) is 48.7 Å². The normalized spacial score (nSPS) is 11.6. The van der Waals surface area contributed by atoms with Gasteiger partial charge in [0.05, 0.1) is 0 Å². The quantitative estimate of drug-likeness (QED) is 0.691. The molecule has 1 atom stereocenters. The van der Waals surface area contributed by atoms with Crippen LogP contribution in [-0.4, -0.2) is 36.4 Å². The number of benzene rings is 2. The van der Waals surface area contributed by atoms with Gasteiger partial charge in [0, 0.05) is 18.1 Å². The van der Waals surface area contributed by atoms with Crippen LogP contribution in [0.1, 0.15) is 24.5 Å². The van der Waals surface area contributed by atoms with E-state index in [0.717, 1.165) is 15.6 Å². The van der Waals surface area contributed by atoms with Crippen LogP contribution in [0.25, 0.3) is 0 Å². The van der Waals surface area contributed by atoms with Crippen LogP contribution in [0, 0.1) is 6.92 Å². The SMILES string of the molecule is CC[C@H](C(=O)NC)N(Cc1ccccc1C)C(=O)COc1ccc(Br)cc1. The third kappa shape index (κ3) is 5.82. The predicted octanol–water partition coefficient (Wildman–Crippen LogP) is 3.69. The summed E-state index contributed by atoms with van der Waals surface area (Å²) in [6.07, 6.45) is 0.523. The van der Waals surface area contributed by atoms with Crippen LogP contribution in [0.4, 0.5) is 0 Å². The van der Waals surface area contributed by atoms with Crippen molar-refractivity contribution in [1.82, 2.24) is 10.2 Å². The highest BCUT2D eigenvalue weighted by Gasteiger charge is 2.28. The van der Waals surface area contributed by atoms with E-state index in [4.69, 9.17) is 4.74 Å². The van der Waals surface area contributed by atoms with Crippen LogP contribution < -0.4 is 10.1 Å². The Balaban J connectivity index is 2.19. The van der Waals surface area contributed by atoms with Gasteiger partial charge in [-0.1, -0.05) is 47.1 Å². The molecule has 0 saturated heterocycles. The fraction of sp³-hybridized carbons (Fsp3) is 0.333. The molecular weight excluding hydrogens is 408 g/mol. The van der Waals surface area contributed by atoms with Crippen molar-refractivity contribution in [2.75, 3.05) is 13.7 Å². The Hall–Kier alpha value is -2.34. The van der Waals surface area contributed by atoms with Crippen molar-refractivity contribution in [2.24, 2.45) is 0 Å². The maximum absolute atomic E-state index is 12.9. The van der Waals surface area contributed by atoms with E-state index in [1.165, 1.54) is 0 Å². The van der Waals surface area contributed by atoms with E-state index in [0.29, 0.717) is 18.7 Å². The number of carbonyl (C=O) groups excluding carboxylic acids is 2. The fourth-order valence-electron chi connectivity index (χ4n) is 2.82. The summed E-state index contributed by atoms with van der Waals surface area (Å²) in [6.45, 7) is 4.13. The zero-order chi connectivity index (χ0) is 19.8. The molecule has 1 N–H and O–H groups in total. The Kier molecular flexibility index (Phi) is 7.85. The van der Waals surface area contributed by atoms with E-state index in [9.17, 15) is 9.59 Å². The van der Waals surface area contributed by atoms with Gasteiger partial charge in [0.25, 0.3) is 5.91 Å². The molecule has 5 nitrogen and oxygen atoms in total. The van der Waals surface area contributed by atoms with E-state index in [1.807, 2.05) is 50.2 Å². The number of rotatable bonds is 8. The topological polar surface area (TPSA) is 58.6 Å².